The van der Waals surface area contributed by atoms with E-state index >= 15 is 0 Å². The number of carbonyl (C=O) groups is 2. The van der Waals surface area contributed by atoms with E-state index in [4.69, 9.17) is 27.9 Å². The molecular formula is C23H28Cl2N2O3. The molecule has 0 spiro atoms. The third-order valence-electron chi connectivity index (χ3n) is 4.65. The molecule has 0 saturated heterocycles. The maximum Gasteiger partial charge on any atom is 0.261 e. The number of para-hydroxylation sites is 1. The molecule has 2 amide bonds. The quantitative estimate of drug-likeness (QED) is 0.592. The fourth-order valence-electron chi connectivity index (χ4n) is 2.81. The molecule has 2 aromatic rings. The summed E-state index contributed by atoms with van der Waals surface area (Å²) in [7, 11) is 0. The molecule has 5 nitrogen and oxygen atoms in total. The Balaban J connectivity index is 2.19. The molecule has 2 aromatic carbocycles. The van der Waals surface area contributed by atoms with Crippen LogP contribution >= 0.6 is 23.2 Å². The Morgan fingerprint density at radius 2 is 1.80 bits per heavy atom. The van der Waals surface area contributed by atoms with Crippen molar-refractivity contribution in [3.05, 3.63) is 63.6 Å². The highest BCUT2D eigenvalue weighted by atomic mass is 35.5. The lowest BCUT2D eigenvalue weighted by molar-refractivity contribution is -0.142. The Morgan fingerprint density at radius 3 is 2.43 bits per heavy atom. The van der Waals surface area contributed by atoms with Crippen LogP contribution in [-0.2, 0) is 16.1 Å². The van der Waals surface area contributed by atoms with Gasteiger partial charge in [-0.05, 0) is 49.1 Å². The predicted molar refractivity (Wildman–Crippen MR) is 121 cm³/mol. The Labute approximate surface area is 188 Å². The van der Waals surface area contributed by atoms with E-state index in [0.717, 1.165) is 5.56 Å². The fourth-order valence-corrected chi connectivity index (χ4v) is 3.28. The van der Waals surface area contributed by atoms with E-state index in [1.165, 1.54) is 4.90 Å². The van der Waals surface area contributed by atoms with Crippen molar-refractivity contribution < 1.29 is 14.3 Å². The highest BCUT2D eigenvalue weighted by Gasteiger charge is 2.27. The first-order valence-corrected chi connectivity index (χ1v) is 10.6. The average molecular weight is 451 g/mol. The molecule has 30 heavy (non-hydrogen) atoms. The summed E-state index contributed by atoms with van der Waals surface area (Å²) in [5.41, 5.74) is 1.63. The summed E-state index contributed by atoms with van der Waals surface area (Å²) in [5, 5.41) is 3.83. The SMILES string of the molecule is Cc1ccccc1OCC(=O)N(Cc1ccc(Cl)cc1Cl)C(C)C(=O)NCC(C)C. The second-order valence-electron chi connectivity index (χ2n) is 7.63. The number of aryl methyl sites for hydroxylation is 1. The first-order chi connectivity index (χ1) is 14.2. The van der Waals surface area contributed by atoms with Crippen LogP contribution in [0.15, 0.2) is 42.5 Å². The van der Waals surface area contributed by atoms with Gasteiger partial charge in [0.1, 0.15) is 11.8 Å². The van der Waals surface area contributed by atoms with Gasteiger partial charge in [0.05, 0.1) is 0 Å². The number of hydrogen-bond donors (Lipinski definition) is 1. The average Bonchev–Trinajstić information content (AvgIpc) is 2.70. The van der Waals surface area contributed by atoms with Gasteiger partial charge < -0.3 is 15.0 Å². The molecule has 7 heteroatoms. The molecule has 1 N–H and O–H groups in total. The van der Waals surface area contributed by atoms with E-state index in [0.29, 0.717) is 33.8 Å². The van der Waals surface area contributed by atoms with Gasteiger partial charge in [-0.1, -0.05) is 61.3 Å². The van der Waals surface area contributed by atoms with Gasteiger partial charge in [0.15, 0.2) is 6.61 Å². The Kier molecular flexibility index (Phi) is 9.00. The van der Waals surface area contributed by atoms with Crippen LogP contribution < -0.4 is 10.1 Å². The molecule has 162 valence electrons. The van der Waals surface area contributed by atoms with Crippen molar-refractivity contribution in [1.82, 2.24) is 10.2 Å². The molecule has 1 atom stereocenters. The number of amides is 2. The standard InChI is InChI=1S/C23H28Cl2N2O3/c1-15(2)12-26-23(29)17(4)27(13-18-9-10-19(24)11-20(18)25)22(28)14-30-21-8-6-5-7-16(21)3/h5-11,15,17H,12-14H2,1-4H3,(H,26,29). The van der Waals surface area contributed by atoms with Crippen LogP contribution in [0.1, 0.15) is 31.9 Å². The molecule has 1 unspecified atom stereocenters. The predicted octanol–water partition coefficient (Wildman–Crippen LogP) is 4.87. The summed E-state index contributed by atoms with van der Waals surface area (Å²) in [6.07, 6.45) is 0. The Bertz CT molecular complexity index is 887. The molecule has 0 radical (unpaired) electrons. The van der Waals surface area contributed by atoms with Gasteiger partial charge in [-0.25, -0.2) is 0 Å². The van der Waals surface area contributed by atoms with E-state index < -0.39 is 6.04 Å². The molecule has 0 aliphatic heterocycles. The van der Waals surface area contributed by atoms with Gasteiger partial charge in [0, 0.05) is 23.1 Å². The number of halogens is 2. The third-order valence-corrected chi connectivity index (χ3v) is 5.24. The van der Waals surface area contributed by atoms with Gasteiger partial charge in [-0.3, -0.25) is 9.59 Å². The van der Waals surface area contributed by atoms with E-state index in [-0.39, 0.29) is 25.0 Å². The molecular weight excluding hydrogens is 423 g/mol. The lowest BCUT2D eigenvalue weighted by Crippen LogP contribution is -2.49. The lowest BCUT2D eigenvalue weighted by Gasteiger charge is -2.29. The molecule has 0 aromatic heterocycles. The van der Waals surface area contributed by atoms with Gasteiger partial charge in [-0.2, -0.15) is 0 Å². The number of ether oxygens (including phenoxy) is 1. The fraction of sp³-hybridized carbons (Fsp3) is 0.391. The van der Waals surface area contributed by atoms with Gasteiger partial charge in [0.2, 0.25) is 5.91 Å². The first-order valence-electron chi connectivity index (χ1n) is 9.88. The summed E-state index contributed by atoms with van der Waals surface area (Å²) < 4.78 is 5.72. The normalized spacial score (nSPS) is 11.8. The zero-order valence-corrected chi connectivity index (χ0v) is 19.3. The minimum Gasteiger partial charge on any atom is -0.484 e. The van der Waals surface area contributed by atoms with Crippen LogP contribution in [0.4, 0.5) is 0 Å². The molecule has 0 saturated carbocycles. The van der Waals surface area contributed by atoms with Crippen LogP contribution in [0, 0.1) is 12.8 Å². The largest absolute Gasteiger partial charge is 0.484 e. The number of nitrogens with zero attached hydrogens (tertiary/aromatic N) is 1. The summed E-state index contributed by atoms with van der Waals surface area (Å²) in [6, 6.07) is 11.9. The molecule has 0 fully saturated rings. The molecule has 2 rings (SSSR count). The smallest absolute Gasteiger partial charge is 0.261 e. The highest BCUT2D eigenvalue weighted by Crippen LogP contribution is 2.23. The van der Waals surface area contributed by atoms with Gasteiger partial charge in [0.25, 0.3) is 5.91 Å². The van der Waals surface area contributed by atoms with Crippen LogP contribution in [0.3, 0.4) is 0 Å². The number of nitrogens with one attached hydrogen (secondary N) is 1. The second kappa shape index (κ2) is 11.2. The summed E-state index contributed by atoms with van der Waals surface area (Å²) in [6.45, 7) is 8.15. The van der Waals surface area contributed by atoms with E-state index in [1.807, 2.05) is 45.0 Å². The van der Waals surface area contributed by atoms with E-state index in [2.05, 4.69) is 5.32 Å². The highest BCUT2D eigenvalue weighted by molar-refractivity contribution is 6.35. The van der Waals surface area contributed by atoms with E-state index in [1.54, 1.807) is 25.1 Å². The monoisotopic (exact) mass is 450 g/mol. The van der Waals surface area contributed by atoms with Crippen LogP contribution in [0.5, 0.6) is 5.75 Å². The minimum atomic E-state index is -0.691. The van der Waals surface area contributed by atoms with Crippen molar-refractivity contribution in [3.63, 3.8) is 0 Å². The zero-order chi connectivity index (χ0) is 22.3. The van der Waals surface area contributed by atoms with Gasteiger partial charge in [-0.15, -0.1) is 0 Å². The molecule has 0 aliphatic carbocycles. The molecule has 0 heterocycles. The summed E-state index contributed by atoms with van der Waals surface area (Å²) in [5.74, 6) is 0.405. The van der Waals surface area contributed by atoms with Crippen molar-refractivity contribution in [2.45, 2.75) is 40.3 Å². The number of hydrogen-bond acceptors (Lipinski definition) is 3. The molecule has 0 aliphatic rings. The Hall–Kier alpha value is -2.24. The van der Waals surface area contributed by atoms with E-state index in [9.17, 15) is 9.59 Å². The number of benzene rings is 2. The van der Waals surface area contributed by atoms with Gasteiger partial charge >= 0.3 is 0 Å². The van der Waals surface area contributed by atoms with Crippen molar-refractivity contribution in [2.75, 3.05) is 13.2 Å². The number of carbonyl (C=O) groups excluding carboxylic acids is 2. The minimum absolute atomic E-state index is 0.169. The number of rotatable bonds is 9. The topological polar surface area (TPSA) is 58.6 Å². The molecule has 0 bridgehead atoms. The van der Waals surface area contributed by atoms with Crippen molar-refractivity contribution in [2.24, 2.45) is 5.92 Å². The first kappa shape index (κ1) is 24.0. The second-order valence-corrected chi connectivity index (χ2v) is 8.47. The van der Waals surface area contributed by atoms with Crippen LogP contribution in [0.2, 0.25) is 10.0 Å². The van der Waals surface area contributed by atoms with Crippen LogP contribution in [0.25, 0.3) is 0 Å². The van der Waals surface area contributed by atoms with Crippen molar-refractivity contribution >= 4 is 35.0 Å². The van der Waals surface area contributed by atoms with Crippen molar-refractivity contribution in [3.8, 4) is 5.75 Å². The third kappa shape index (κ3) is 6.92. The zero-order valence-electron chi connectivity index (χ0n) is 17.7. The van der Waals surface area contributed by atoms with Crippen molar-refractivity contribution in [1.29, 1.82) is 0 Å². The summed E-state index contributed by atoms with van der Waals surface area (Å²) in [4.78, 5) is 27.2. The maximum absolute atomic E-state index is 13.0. The van der Waals surface area contributed by atoms with Crippen LogP contribution in [-0.4, -0.2) is 35.9 Å². The lowest BCUT2D eigenvalue weighted by atomic mass is 10.1. The summed E-state index contributed by atoms with van der Waals surface area (Å²) >= 11 is 12.3. The maximum atomic E-state index is 13.0. The Morgan fingerprint density at radius 1 is 1.10 bits per heavy atom.